The highest BCUT2D eigenvalue weighted by molar-refractivity contribution is 5.98. The zero-order chi connectivity index (χ0) is 25.1. The molecule has 4 heterocycles. The molecule has 10 heteroatoms. The lowest BCUT2D eigenvalue weighted by molar-refractivity contribution is 0.0723. The molecule has 186 valence electrons. The van der Waals surface area contributed by atoms with Crippen molar-refractivity contribution in [2.75, 3.05) is 20.1 Å². The van der Waals surface area contributed by atoms with Gasteiger partial charge in [0.2, 0.25) is 0 Å². The lowest BCUT2D eigenvalue weighted by atomic mass is 10.1. The molecule has 0 spiro atoms. The summed E-state index contributed by atoms with van der Waals surface area (Å²) in [5.41, 5.74) is 10.3. The number of likely N-dealkylation sites (N-methyl/N-ethyl adjacent to an activating group) is 1. The van der Waals surface area contributed by atoms with Crippen LogP contribution >= 0.6 is 0 Å². The second-order valence-electron chi connectivity index (χ2n) is 10.0. The van der Waals surface area contributed by atoms with Gasteiger partial charge in [-0.2, -0.15) is 0 Å². The van der Waals surface area contributed by atoms with Gasteiger partial charge < -0.3 is 29.8 Å². The van der Waals surface area contributed by atoms with Gasteiger partial charge in [-0.25, -0.2) is 14.8 Å². The van der Waals surface area contributed by atoms with Gasteiger partial charge in [0, 0.05) is 56.9 Å². The molecule has 4 aromatic rings. The summed E-state index contributed by atoms with van der Waals surface area (Å²) in [7, 11) is 3.67. The highest BCUT2D eigenvalue weighted by Gasteiger charge is 2.37. The smallest absolute Gasteiger partial charge is 0.407 e. The lowest BCUT2D eigenvalue weighted by Crippen LogP contribution is -2.47. The summed E-state index contributed by atoms with van der Waals surface area (Å²) in [4.78, 5) is 37.1. The second-order valence-corrected chi connectivity index (χ2v) is 10.0. The van der Waals surface area contributed by atoms with Crippen molar-refractivity contribution < 1.29 is 14.7 Å². The van der Waals surface area contributed by atoms with Crippen LogP contribution in [-0.4, -0.2) is 78.2 Å². The predicted octanol–water partition coefficient (Wildman–Crippen LogP) is 2.76. The minimum absolute atomic E-state index is 0.203. The molecule has 1 aliphatic carbocycles. The summed E-state index contributed by atoms with van der Waals surface area (Å²) in [6.45, 7) is 1.33. The van der Waals surface area contributed by atoms with E-state index in [1.54, 1.807) is 24.1 Å². The number of carbonyl (C=O) groups excluding carboxylic acids is 1. The first-order valence-electron chi connectivity index (χ1n) is 12.2. The molecule has 1 saturated heterocycles. The van der Waals surface area contributed by atoms with E-state index in [1.165, 1.54) is 17.7 Å². The number of carbonyl (C=O) groups is 2. The fourth-order valence-electron chi connectivity index (χ4n) is 5.31. The standard InChI is InChI=1S/C26H29N7O3/c1-30-20-8-7-17(25(34)31(2)22-14-32(26(35)36)13-18(22)27)10-19(20)29-24(30)21-11-16-4-3-9-28-23(16)33(21)12-15-5-6-15/h3-4,7-11,15,18,22H,5-6,12-14,27H2,1-2H3,(H,35,36)/t18-,22-/m1/s1. The number of pyridine rings is 1. The first-order chi connectivity index (χ1) is 17.3. The molecule has 36 heavy (non-hydrogen) atoms. The first kappa shape index (κ1) is 22.5. The highest BCUT2D eigenvalue weighted by atomic mass is 16.4. The number of hydrogen-bond acceptors (Lipinski definition) is 5. The van der Waals surface area contributed by atoms with Crippen molar-refractivity contribution in [2.45, 2.75) is 31.5 Å². The number of likely N-dealkylation sites (tertiary alicyclic amines) is 1. The zero-order valence-electron chi connectivity index (χ0n) is 20.3. The SMILES string of the molecule is CN(C(=O)c1ccc2c(c1)nc(-c1cc3cccnc3n1CC1CC1)n2C)[C@@H]1CN(C(=O)O)C[C@H]1N. The second kappa shape index (κ2) is 8.34. The van der Waals surface area contributed by atoms with Gasteiger partial charge in [0.1, 0.15) is 5.65 Å². The Balaban J connectivity index is 1.35. The average Bonchev–Trinajstić information content (AvgIpc) is 3.37. The Morgan fingerprint density at radius 1 is 1.19 bits per heavy atom. The number of nitrogens with zero attached hydrogens (tertiary/aromatic N) is 6. The average molecular weight is 488 g/mol. The Hall–Kier alpha value is -3.92. The van der Waals surface area contributed by atoms with Gasteiger partial charge in [-0.3, -0.25) is 4.79 Å². The number of fused-ring (bicyclic) bond motifs is 2. The van der Waals surface area contributed by atoms with Crippen molar-refractivity contribution in [3.05, 3.63) is 48.2 Å². The molecule has 0 bridgehead atoms. The van der Waals surface area contributed by atoms with E-state index < -0.39 is 12.1 Å². The van der Waals surface area contributed by atoms with Crippen LogP contribution in [0.2, 0.25) is 0 Å². The normalized spacial score (nSPS) is 19.9. The van der Waals surface area contributed by atoms with Crippen LogP contribution in [0.3, 0.4) is 0 Å². The fraction of sp³-hybridized carbons (Fsp3) is 0.385. The van der Waals surface area contributed by atoms with Gasteiger partial charge in [0.15, 0.2) is 5.82 Å². The Bertz CT molecular complexity index is 1500. The molecule has 1 aliphatic heterocycles. The maximum absolute atomic E-state index is 13.3. The van der Waals surface area contributed by atoms with E-state index in [-0.39, 0.29) is 25.0 Å². The molecule has 2 fully saturated rings. The summed E-state index contributed by atoms with van der Waals surface area (Å²) in [6, 6.07) is 10.9. The van der Waals surface area contributed by atoms with E-state index in [2.05, 4.69) is 26.3 Å². The Labute approximate surface area is 207 Å². The largest absolute Gasteiger partial charge is 0.465 e. The lowest BCUT2D eigenvalue weighted by Gasteiger charge is -2.27. The van der Waals surface area contributed by atoms with Crippen LogP contribution < -0.4 is 5.73 Å². The third kappa shape index (κ3) is 3.69. The number of hydrogen-bond donors (Lipinski definition) is 2. The number of aryl methyl sites for hydroxylation is 1. The van der Waals surface area contributed by atoms with Crippen LogP contribution in [-0.2, 0) is 13.6 Å². The molecule has 2 atom stereocenters. The molecule has 2 aliphatic rings. The molecule has 2 amide bonds. The van der Waals surface area contributed by atoms with Crippen LogP contribution in [0.15, 0.2) is 42.6 Å². The number of aromatic nitrogens is 4. The van der Waals surface area contributed by atoms with Gasteiger partial charge in [0.25, 0.3) is 5.91 Å². The van der Waals surface area contributed by atoms with Crippen molar-refractivity contribution in [3.63, 3.8) is 0 Å². The molecule has 10 nitrogen and oxygen atoms in total. The van der Waals surface area contributed by atoms with Crippen LogP contribution in [0.1, 0.15) is 23.2 Å². The predicted molar refractivity (Wildman–Crippen MR) is 136 cm³/mol. The van der Waals surface area contributed by atoms with Gasteiger partial charge in [-0.1, -0.05) is 0 Å². The summed E-state index contributed by atoms with van der Waals surface area (Å²) >= 11 is 0. The fourth-order valence-corrected chi connectivity index (χ4v) is 5.31. The number of nitrogens with two attached hydrogens (primary N) is 1. The van der Waals surface area contributed by atoms with Crippen LogP contribution in [0.5, 0.6) is 0 Å². The molecular weight excluding hydrogens is 458 g/mol. The van der Waals surface area contributed by atoms with Gasteiger partial charge in [-0.15, -0.1) is 0 Å². The van der Waals surface area contributed by atoms with Crippen LogP contribution in [0, 0.1) is 5.92 Å². The number of imidazole rings is 1. The molecule has 1 aromatic carbocycles. The summed E-state index contributed by atoms with van der Waals surface area (Å²) in [6.07, 6.45) is 3.28. The number of carboxylic acid groups (broad SMARTS) is 1. The maximum Gasteiger partial charge on any atom is 0.407 e. The number of rotatable bonds is 5. The quantitative estimate of drug-likeness (QED) is 0.446. The van der Waals surface area contributed by atoms with Crippen molar-refractivity contribution >= 4 is 34.1 Å². The Morgan fingerprint density at radius 3 is 2.72 bits per heavy atom. The summed E-state index contributed by atoms with van der Waals surface area (Å²) in [5.74, 6) is 1.30. The Morgan fingerprint density at radius 2 is 2.00 bits per heavy atom. The number of benzene rings is 1. The highest BCUT2D eigenvalue weighted by Crippen LogP contribution is 2.36. The topological polar surface area (TPSA) is 123 Å². The van der Waals surface area contributed by atoms with Crippen LogP contribution in [0.25, 0.3) is 33.6 Å². The maximum atomic E-state index is 13.3. The van der Waals surface area contributed by atoms with Crippen LogP contribution in [0.4, 0.5) is 4.79 Å². The van der Waals surface area contributed by atoms with E-state index in [0.717, 1.165) is 40.1 Å². The molecule has 1 saturated carbocycles. The van der Waals surface area contributed by atoms with E-state index in [0.29, 0.717) is 11.5 Å². The number of amides is 2. The van der Waals surface area contributed by atoms with Crippen molar-refractivity contribution in [3.8, 4) is 11.5 Å². The van der Waals surface area contributed by atoms with Gasteiger partial charge in [-0.05, 0) is 55.2 Å². The van der Waals surface area contributed by atoms with E-state index in [9.17, 15) is 14.7 Å². The third-order valence-electron chi connectivity index (χ3n) is 7.57. The van der Waals surface area contributed by atoms with Crippen molar-refractivity contribution in [1.82, 2.24) is 28.9 Å². The molecule has 6 rings (SSSR count). The van der Waals surface area contributed by atoms with Crippen molar-refractivity contribution in [1.29, 1.82) is 0 Å². The molecular formula is C26H29N7O3. The van der Waals surface area contributed by atoms with E-state index >= 15 is 0 Å². The van der Waals surface area contributed by atoms with Gasteiger partial charge in [0.05, 0.1) is 22.8 Å². The third-order valence-corrected chi connectivity index (χ3v) is 7.57. The van der Waals surface area contributed by atoms with E-state index in [1.807, 2.05) is 25.4 Å². The monoisotopic (exact) mass is 487 g/mol. The summed E-state index contributed by atoms with van der Waals surface area (Å²) < 4.78 is 4.33. The molecule has 0 unspecified atom stereocenters. The molecule has 0 radical (unpaired) electrons. The molecule has 3 N–H and O–H groups in total. The summed E-state index contributed by atoms with van der Waals surface area (Å²) in [5, 5.41) is 10.4. The van der Waals surface area contributed by atoms with E-state index in [4.69, 9.17) is 10.7 Å². The molecule has 3 aromatic heterocycles. The minimum atomic E-state index is -1.02. The Kier molecular flexibility index (Phi) is 5.22. The van der Waals surface area contributed by atoms with Crippen molar-refractivity contribution in [2.24, 2.45) is 18.7 Å². The first-order valence-corrected chi connectivity index (χ1v) is 12.2. The minimum Gasteiger partial charge on any atom is -0.465 e. The van der Waals surface area contributed by atoms with Gasteiger partial charge >= 0.3 is 6.09 Å². The zero-order valence-corrected chi connectivity index (χ0v) is 20.3.